The van der Waals surface area contributed by atoms with Crippen molar-refractivity contribution in [2.75, 3.05) is 25.1 Å². The Labute approximate surface area is 105 Å². The second-order valence-electron chi connectivity index (χ2n) is 4.50. The zero-order chi connectivity index (χ0) is 12.5. The molecule has 1 saturated heterocycles. The molecular weight excluding hydrogens is 228 g/mol. The van der Waals surface area contributed by atoms with Gasteiger partial charge in [0.15, 0.2) is 0 Å². The van der Waals surface area contributed by atoms with E-state index in [1.807, 2.05) is 24.3 Å². The zero-order valence-electron chi connectivity index (χ0n) is 10.2. The Kier molecular flexibility index (Phi) is 2.72. The number of carbonyl (C=O) groups is 1. The fourth-order valence-electron chi connectivity index (χ4n) is 2.16. The molecule has 0 amide bonds. The quantitative estimate of drug-likeness (QED) is 0.771. The predicted molar refractivity (Wildman–Crippen MR) is 70.1 cm³/mol. The number of aldehydes is 1. The number of carbonyl (C=O) groups excluding carboxylic acids is 1. The molecule has 0 spiro atoms. The molecule has 4 nitrogen and oxygen atoms in total. The van der Waals surface area contributed by atoms with Crippen LogP contribution in [0.3, 0.4) is 0 Å². The van der Waals surface area contributed by atoms with Gasteiger partial charge in [-0.3, -0.25) is 4.79 Å². The summed E-state index contributed by atoms with van der Waals surface area (Å²) >= 11 is 0. The van der Waals surface area contributed by atoms with Gasteiger partial charge in [-0.1, -0.05) is 0 Å². The molecule has 1 aliphatic heterocycles. The van der Waals surface area contributed by atoms with Gasteiger partial charge in [0.2, 0.25) is 0 Å². The number of pyridine rings is 1. The molecule has 0 aliphatic carbocycles. The first-order valence-corrected chi connectivity index (χ1v) is 5.94. The molecule has 4 heteroatoms. The molecule has 0 atom stereocenters. The van der Waals surface area contributed by atoms with Crippen molar-refractivity contribution in [2.45, 2.75) is 6.10 Å². The summed E-state index contributed by atoms with van der Waals surface area (Å²) in [6, 6.07) is 9.52. The van der Waals surface area contributed by atoms with Gasteiger partial charge in [-0.2, -0.15) is 0 Å². The van der Waals surface area contributed by atoms with Gasteiger partial charge in [0.05, 0.1) is 11.6 Å². The summed E-state index contributed by atoms with van der Waals surface area (Å²) in [4.78, 5) is 17.5. The van der Waals surface area contributed by atoms with Crippen LogP contribution in [-0.4, -0.2) is 37.6 Å². The van der Waals surface area contributed by atoms with E-state index in [0.29, 0.717) is 11.7 Å². The normalized spacial score (nSPS) is 15.7. The van der Waals surface area contributed by atoms with E-state index in [-0.39, 0.29) is 0 Å². The summed E-state index contributed by atoms with van der Waals surface area (Å²) in [7, 11) is 1.73. The third-order valence-corrected chi connectivity index (χ3v) is 3.34. The lowest BCUT2D eigenvalue weighted by atomic mass is 10.1. The monoisotopic (exact) mass is 242 g/mol. The van der Waals surface area contributed by atoms with Gasteiger partial charge in [0.25, 0.3) is 0 Å². The number of aromatic nitrogens is 1. The summed E-state index contributed by atoms with van der Waals surface area (Å²) in [5.74, 6) is 0.967. The molecule has 0 unspecified atom stereocenters. The van der Waals surface area contributed by atoms with Crippen LogP contribution in [0.15, 0.2) is 30.3 Å². The van der Waals surface area contributed by atoms with Gasteiger partial charge in [-0.05, 0) is 30.3 Å². The van der Waals surface area contributed by atoms with E-state index in [1.165, 1.54) is 0 Å². The molecule has 1 aromatic carbocycles. The van der Waals surface area contributed by atoms with Crippen molar-refractivity contribution in [3.63, 3.8) is 0 Å². The molecule has 0 bridgehead atoms. The van der Waals surface area contributed by atoms with Crippen molar-refractivity contribution >= 4 is 23.0 Å². The summed E-state index contributed by atoms with van der Waals surface area (Å²) in [5.41, 5.74) is 1.60. The Morgan fingerprint density at radius 2 is 2.17 bits per heavy atom. The lowest BCUT2D eigenvalue weighted by Gasteiger charge is -2.39. The number of methoxy groups -OCH3 is 1. The fourth-order valence-corrected chi connectivity index (χ4v) is 2.16. The molecule has 1 aromatic heterocycles. The van der Waals surface area contributed by atoms with Crippen LogP contribution in [0.25, 0.3) is 10.9 Å². The van der Waals surface area contributed by atoms with Crippen molar-refractivity contribution < 1.29 is 9.53 Å². The molecule has 0 N–H and O–H groups in total. The van der Waals surface area contributed by atoms with Crippen LogP contribution >= 0.6 is 0 Å². The van der Waals surface area contributed by atoms with Crippen LogP contribution in [0.5, 0.6) is 0 Å². The summed E-state index contributed by atoms with van der Waals surface area (Å²) in [5, 5.41) is 0.993. The Balaban J connectivity index is 1.90. The summed E-state index contributed by atoms with van der Waals surface area (Å²) in [6.45, 7) is 1.78. The third-order valence-electron chi connectivity index (χ3n) is 3.34. The standard InChI is InChI=1S/C14H14N2O2/c1-18-12-7-16(8-12)14-5-3-11-6-10(9-17)2-4-13(11)15-14/h2-6,9,12H,7-8H2,1H3. The topological polar surface area (TPSA) is 42.4 Å². The van der Waals surface area contributed by atoms with Gasteiger partial charge in [-0.25, -0.2) is 4.98 Å². The smallest absolute Gasteiger partial charge is 0.150 e. The van der Waals surface area contributed by atoms with Crippen LogP contribution in [-0.2, 0) is 4.74 Å². The van der Waals surface area contributed by atoms with E-state index in [4.69, 9.17) is 4.74 Å². The van der Waals surface area contributed by atoms with Gasteiger partial charge < -0.3 is 9.64 Å². The maximum Gasteiger partial charge on any atom is 0.150 e. The number of anilines is 1. The first kappa shape index (κ1) is 11.2. The molecule has 0 saturated carbocycles. The number of hydrogen-bond acceptors (Lipinski definition) is 4. The Hall–Kier alpha value is -1.94. The number of hydrogen-bond donors (Lipinski definition) is 0. The van der Waals surface area contributed by atoms with E-state index in [0.717, 1.165) is 36.1 Å². The molecule has 18 heavy (non-hydrogen) atoms. The van der Waals surface area contributed by atoms with Crippen LogP contribution in [0.4, 0.5) is 5.82 Å². The molecule has 3 rings (SSSR count). The molecule has 1 fully saturated rings. The third kappa shape index (κ3) is 1.84. The van der Waals surface area contributed by atoms with Crippen LogP contribution in [0.2, 0.25) is 0 Å². The van der Waals surface area contributed by atoms with Gasteiger partial charge >= 0.3 is 0 Å². The minimum atomic E-state index is 0.319. The van der Waals surface area contributed by atoms with Crippen molar-refractivity contribution in [3.05, 3.63) is 35.9 Å². The van der Waals surface area contributed by atoms with Crippen molar-refractivity contribution in [1.29, 1.82) is 0 Å². The number of nitrogens with zero attached hydrogens (tertiary/aromatic N) is 2. The minimum Gasteiger partial charge on any atom is -0.378 e. The van der Waals surface area contributed by atoms with Gasteiger partial charge in [-0.15, -0.1) is 0 Å². The first-order valence-electron chi connectivity index (χ1n) is 5.94. The van der Waals surface area contributed by atoms with E-state index in [1.54, 1.807) is 13.2 Å². The van der Waals surface area contributed by atoms with E-state index >= 15 is 0 Å². The fraction of sp³-hybridized carbons (Fsp3) is 0.286. The highest BCUT2D eigenvalue weighted by Crippen LogP contribution is 2.23. The maximum atomic E-state index is 10.7. The zero-order valence-corrected chi connectivity index (χ0v) is 10.2. The number of fused-ring (bicyclic) bond motifs is 1. The Morgan fingerprint density at radius 1 is 1.33 bits per heavy atom. The summed E-state index contributed by atoms with van der Waals surface area (Å²) in [6.07, 6.45) is 1.17. The molecule has 92 valence electrons. The number of ether oxygens (including phenoxy) is 1. The van der Waals surface area contributed by atoms with E-state index < -0.39 is 0 Å². The van der Waals surface area contributed by atoms with Gasteiger partial charge in [0, 0.05) is 31.1 Å². The summed E-state index contributed by atoms with van der Waals surface area (Å²) < 4.78 is 5.25. The lowest BCUT2D eigenvalue weighted by Crippen LogP contribution is -2.52. The SMILES string of the molecule is COC1CN(c2ccc3cc(C=O)ccc3n2)C1. The van der Waals surface area contributed by atoms with Crippen LogP contribution in [0, 0.1) is 0 Å². The Morgan fingerprint density at radius 3 is 2.89 bits per heavy atom. The average molecular weight is 242 g/mol. The largest absolute Gasteiger partial charge is 0.378 e. The molecule has 2 heterocycles. The van der Waals surface area contributed by atoms with E-state index in [9.17, 15) is 4.79 Å². The lowest BCUT2D eigenvalue weighted by molar-refractivity contribution is 0.0783. The molecular formula is C14H14N2O2. The first-order chi connectivity index (χ1) is 8.80. The van der Waals surface area contributed by atoms with Gasteiger partial charge in [0.1, 0.15) is 12.1 Å². The van der Waals surface area contributed by atoms with Crippen molar-refractivity contribution in [2.24, 2.45) is 0 Å². The number of rotatable bonds is 3. The highest BCUT2D eigenvalue weighted by Gasteiger charge is 2.27. The maximum absolute atomic E-state index is 10.7. The Bertz CT molecular complexity index is 591. The van der Waals surface area contributed by atoms with Crippen molar-refractivity contribution in [1.82, 2.24) is 4.98 Å². The molecule has 0 radical (unpaired) electrons. The predicted octanol–water partition coefficient (Wildman–Crippen LogP) is 1.88. The van der Waals surface area contributed by atoms with Crippen LogP contribution in [0.1, 0.15) is 10.4 Å². The number of benzene rings is 1. The van der Waals surface area contributed by atoms with Crippen LogP contribution < -0.4 is 4.90 Å². The second kappa shape index (κ2) is 4.38. The molecule has 1 aliphatic rings. The van der Waals surface area contributed by atoms with E-state index in [2.05, 4.69) is 9.88 Å². The highest BCUT2D eigenvalue weighted by molar-refractivity contribution is 5.87. The highest BCUT2D eigenvalue weighted by atomic mass is 16.5. The molecule has 2 aromatic rings. The average Bonchev–Trinajstić information content (AvgIpc) is 2.37. The minimum absolute atomic E-state index is 0.319. The van der Waals surface area contributed by atoms with Crippen molar-refractivity contribution in [3.8, 4) is 0 Å². The second-order valence-corrected chi connectivity index (χ2v) is 4.50.